The highest BCUT2D eigenvalue weighted by atomic mass is 32.2. The van der Waals surface area contributed by atoms with E-state index >= 15 is 0 Å². The van der Waals surface area contributed by atoms with E-state index in [-0.39, 0.29) is 35.4 Å². The van der Waals surface area contributed by atoms with Crippen molar-refractivity contribution in [3.8, 4) is 0 Å². The molecule has 1 saturated heterocycles. The van der Waals surface area contributed by atoms with E-state index in [0.29, 0.717) is 18.9 Å². The van der Waals surface area contributed by atoms with Crippen LogP contribution in [0, 0.1) is 19.8 Å². The van der Waals surface area contributed by atoms with Gasteiger partial charge in [0, 0.05) is 24.3 Å². The summed E-state index contributed by atoms with van der Waals surface area (Å²) in [5.74, 6) is -1.02. The van der Waals surface area contributed by atoms with Gasteiger partial charge in [-0.2, -0.15) is 4.31 Å². The smallest absolute Gasteiger partial charge is 0.251 e. The third kappa shape index (κ3) is 6.19. The number of hydrogen-bond acceptors (Lipinski definition) is 5. The Morgan fingerprint density at radius 2 is 1.64 bits per heavy atom. The summed E-state index contributed by atoms with van der Waals surface area (Å²) in [5, 5.41) is 5.63. The molecule has 0 bridgehead atoms. The van der Waals surface area contributed by atoms with Crippen molar-refractivity contribution in [3.05, 3.63) is 59.2 Å². The number of morpholine rings is 1. The van der Waals surface area contributed by atoms with Gasteiger partial charge in [0.2, 0.25) is 15.9 Å². The molecule has 8 nitrogen and oxygen atoms in total. The maximum atomic E-state index is 13.0. The number of sulfonamides is 1. The molecule has 0 aromatic heterocycles. The first-order valence-corrected chi connectivity index (χ1v) is 12.4. The molecule has 1 aliphatic heterocycles. The number of rotatable bonds is 7. The van der Waals surface area contributed by atoms with Gasteiger partial charge < -0.3 is 15.4 Å². The van der Waals surface area contributed by atoms with Crippen molar-refractivity contribution in [2.24, 2.45) is 5.92 Å². The number of ether oxygens (including phenoxy) is 1. The van der Waals surface area contributed by atoms with Crippen LogP contribution < -0.4 is 10.6 Å². The third-order valence-electron chi connectivity index (χ3n) is 5.43. The number of benzene rings is 2. The van der Waals surface area contributed by atoms with Gasteiger partial charge >= 0.3 is 0 Å². The highest BCUT2D eigenvalue weighted by Crippen LogP contribution is 2.19. The monoisotopic (exact) mass is 473 g/mol. The zero-order valence-electron chi connectivity index (χ0n) is 19.4. The quantitative estimate of drug-likeness (QED) is 0.643. The lowest BCUT2D eigenvalue weighted by atomic mass is 10.0. The highest BCUT2D eigenvalue weighted by molar-refractivity contribution is 7.89. The van der Waals surface area contributed by atoms with Crippen molar-refractivity contribution in [2.75, 3.05) is 31.6 Å². The number of carbonyl (C=O) groups is 2. The maximum absolute atomic E-state index is 13.0. The molecule has 0 spiro atoms. The topological polar surface area (TPSA) is 105 Å². The second kappa shape index (κ2) is 10.5. The van der Waals surface area contributed by atoms with Crippen LogP contribution in [0.2, 0.25) is 0 Å². The summed E-state index contributed by atoms with van der Waals surface area (Å²) in [7, 11) is -3.73. The Hall–Kier alpha value is -2.75. The molecular weight excluding hydrogens is 442 g/mol. The summed E-state index contributed by atoms with van der Waals surface area (Å²) in [5.41, 5.74) is 2.88. The Kier molecular flexibility index (Phi) is 7.88. The van der Waals surface area contributed by atoms with Crippen LogP contribution in [0.15, 0.2) is 47.4 Å². The lowest BCUT2D eigenvalue weighted by molar-refractivity contribution is -0.118. The summed E-state index contributed by atoms with van der Waals surface area (Å²) in [6, 6.07) is 10.8. The number of nitrogens with one attached hydrogen (secondary N) is 2. The Balaban J connectivity index is 1.76. The first kappa shape index (κ1) is 24.9. The molecule has 1 fully saturated rings. The summed E-state index contributed by atoms with van der Waals surface area (Å²) >= 11 is 0. The van der Waals surface area contributed by atoms with Gasteiger partial charge in [-0.05, 0) is 61.2 Å². The number of aryl methyl sites for hydroxylation is 2. The molecule has 9 heteroatoms. The lowest BCUT2D eigenvalue weighted by Gasteiger charge is -2.26. The standard InChI is InChI=1S/C24H31N3O5S/c1-16(2)22(24(29)25-20-13-17(3)12-18(4)14-20)26-23(28)19-6-5-7-21(15-19)33(30,31)27-8-10-32-11-9-27/h5-7,12-16,22H,8-11H2,1-4H3,(H,25,29)(H,26,28)/t22-/m0/s1. The van der Waals surface area contributed by atoms with Gasteiger partial charge in [-0.1, -0.05) is 26.0 Å². The molecule has 0 unspecified atom stereocenters. The zero-order chi connectivity index (χ0) is 24.2. The van der Waals surface area contributed by atoms with E-state index in [4.69, 9.17) is 4.74 Å². The molecule has 2 aromatic rings. The van der Waals surface area contributed by atoms with Crippen LogP contribution in [0.1, 0.15) is 35.3 Å². The highest BCUT2D eigenvalue weighted by Gasteiger charge is 2.28. The van der Waals surface area contributed by atoms with Crippen LogP contribution in [0.4, 0.5) is 5.69 Å². The molecule has 1 aliphatic rings. The minimum Gasteiger partial charge on any atom is -0.379 e. The number of carbonyl (C=O) groups excluding carboxylic acids is 2. The van der Waals surface area contributed by atoms with Crippen molar-refractivity contribution in [1.29, 1.82) is 0 Å². The molecule has 33 heavy (non-hydrogen) atoms. The van der Waals surface area contributed by atoms with Crippen molar-refractivity contribution >= 4 is 27.5 Å². The number of hydrogen-bond donors (Lipinski definition) is 2. The molecule has 0 saturated carbocycles. The molecule has 3 rings (SSSR count). The number of amides is 2. The van der Waals surface area contributed by atoms with Crippen molar-refractivity contribution in [1.82, 2.24) is 9.62 Å². The normalized spacial score (nSPS) is 15.8. The Morgan fingerprint density at radius 1 is 1.00 bits per heavy atom. The van der Waals surface area contributed by atoms with Crippen molar-refractivity contribution in [3.63, 3.8) is 0 Å². The fourth-order valence-electron chi connectivity index (χ4n) is 3.76. The van der Waals surface area contributed by atoms with Crippen molar-refractivity contribution in [2.45, 2.75) is 38.6 Å². The first-order valence-electron chi connectivity index (χ1n) is 11.0. The minimum absolute atomic E-state index is 0.0397. The molecular formula is C24H31N3O5S. The number of nitrogens with zero attached hydrogens (tertiary/aromatic N) is 1. The second-order valence-corrected chi connectivity index (χ2v) is 10.5. The Bertz CT molecular complexity index is 1100. The molecule has 2 N–H and O–H groups in total. The third-order valence-corrected chi connectivity index (χ3v) is 7.32. The summed E-state index contributed by atoms with van der Waals surface area (Å²) in [4.78, 5) is 25.9. The minimum atomic E-state index is -3.73. The van der Waals surface area contributed by atoms with Gasteiger partial charge in [-0.15, -0.1) is 0 Å². The van der Waals surface area contributed by atoms with Crippen LogP contribution in [0.5, 0.6) is 0 Å². The molecule has 0 radical (unpaired) electrons. The fourth-order valence-corrected chi connectivity index (χ4v) is 5.21. The average molecular weight is 474 g/mol. The van der Waals surface area contributed by atoms with E-state index in [1.165, 1.54) is 28.6 Å². The van der Waals surface area contributed by atoms with E-state index in [0.717, 1.165) is 11.1 Å². The number of anilines is 1. The largest absolute Gasteiger partial charge is 0.379 e. The van der Waals surface area contributed by atoms with Gasteiger partial charge in [0.1, 0.15) is 6.04 Å². The summed E-state index contributed by atoms with van der Waals surface area (Å²) in [6.45, 7) is 8.79. The predicted molar refractivity (Wildman–Crippen MR) is 127 cm³/mol. The lowest BCUT2D eigenvalue weighted by Crippen LogP contribution is -2.47. The summed E-state index contributed by atoms with van der Waals surface area (Å²) < 4.78 is 32.4. The van der Waals surface area contributed by atoms with Crippen LogP contribution in [-0.4, -0.2) is 56.9 Å². The molecule has 0 aliphatic carbocycles. The van der Waals surface area contributed by atoms with Gasteiger partial charge in [0.05, 0.1) is 18.1 Å². The van der Waals surface area contributed by atoms with E-state index in [2.05, 4.69) is 10.6 Å². The van der Waals surface area contributed by atoms with Gasteiger partial charge in [0.25, 0.3) is 5.91 Å². The molecule has 2 aromatic carbocycles. The maximum Gasteiger partial charge on any atom is 0.251 e. The molecule has 178 valence electrons. The Morgan fingerprint density at radius 3 is 2.24 bits per heavy atom. The molecule has 2 amide bonds. The van der Waals surface area contributed by atoms with Gasteiger partial charge in [0.15, 0.2) is 0 Å². The molecule has 1 atom stereocenters. The average Bonchev–Trinajstić information content (AvgIpc) is 2.77. The Labute approximate surface area is 195 Å². The van der Waals surface area contributed by atoms with E-state index in [1.54, 1.807) is 0 Å². The van der Waals surface area contributed by atoms with Gasteiger partial charge in [-0.25, -0.2) is 8.42 Å². The van der Waals surface area contributed by atoms with Crippen LogP contribution in [0.3, 0.4) is 0 Å². The fraction of sp³-hybridized carbons (Fsp3) is 0.417. The second-order valence-electron chi connectivity index (χ2n) is 8.61. The van der Waals surface area contributed by atoms with Crippen LogP contribution >= 0.6 is 0 Å². The van der Waals surface area contributed by atoms with E-state index in [9.17, 15) is 18.0 Å². The van der Waals surface area contributed by atoms with Crippen LogP contribution in [0.25, 0.3) is 0 Å². The zero-order valence-corrected chi connectivity index (χ0v) is 20.2. The first-order chi connectivity index (χ1) is 15.6. The van der Waals surface area contributed by atoms with Gasteiger partial charge in [-0.3, -0.25) is 9.59 Å². The summed E-state index contributed by atoms with van der Waals surface area (Å²) in [6.07, 6.45) is 0. The van der Waals surface area contributed by atoms with Crippen LogP contribution in [-0.2, 0) is 19.6 Å². The molecule has 1 heterocycles. The van der Waals surface area contributed by atoms with E-state index < -0.39 is 22.0 Å². The van der Waals surface area contributed by atoms with Crippen molar-refractivity contribution < 1.29 is 22.7 Å². The van der Waals surface area contributed by atoms with E-state index in [1.807, 2.05) is 45.9 Å². The predicted octanol–water partition coefficient (Wildman–Crippen LogP) is 2.72. The SMILES string of the molecule is Cc1cc(C)cc(NC(=O)[C@@H](NC(=O)c2cccc(S(=O)(=O)N3CCOCC3)c2)C(C)C)c1.